The molecule has 1 aliphatic carbocycles. The first-order valence-electron chi connectivity index (χ1n) is 10.9. The van der Waals surface area contributed by atoms with Gasteiger partial charge < -0.3 is 20.3 Å². The Balaban J connectivity index is 1.79. The summed E-state index contributed by atoms with van der Waals surface area (Å²) in [5.41, 5.74) is 1.01. The van der Waals surface area contributed by atoms with Crippen LogP contribution in [0.25, 0.3) is 0 Å². The third kappa shape index (κ3) is 8.43. The maximum Gasteiger partial charge on any atom is 0.315 e. The summed E-state index contributed by atoms with van der Waals surface area (Å²) in [5.74, 6) is -0.770. The van der Waals surface area contributed by atoms with Crippen molar-refractivity contribution in [1.29, 1.82) is 0 Å². The smallest absolute Gasteiger partial charge is 0.315 e. The molecule has 1 atom stereocenters. The number of rotatable bonds is 10. The van der Waals surface area contributed by atoms with Crippen LogP contribution in [-0.4, -0.2) is 49.0 Å². The number of urea groups is 1. The Kier molecular flexibility index (Phi) is 10.2. The van der Waals surface area contributed by atoms with Gasteiger partial charge in [0, 0.05) is 32.1 Å². The molecule has 0 spiro atoms. The molecule has 0 bridgehead atoms. The van der Waals surface area contributed by atoms with Crippen LogP contribution in [-0.2, 0) is 20.9 Å². The van der Waals surface area contributed by atoms with Gasteiger partial charge in [-0.1, -0.05) is 56.5 Å². The van der Waals surface area contributed by atoms with Crippen LogP contribution in [0.5, 0.6) is 0 Å². The van der Waals surface area contributed by atoms with E-state index in [-0.39, 0.29) is 23.9 Å². The van der Waals surface area contributed by atoms with Gasteiger partial charge in [0.2, 0.25) is 5.91 Å². The minimum Gasteiger partial charge on any atom is -0.469 e. The molecule has 166 valence electrons. The van der Waals surface area contributed by atoms with Gasteiger partial charge in [-0.3, -0.25) is 9.59 Å². The standard InChI is InChI=1S/C23H35N3O4/c1-18(22(28)30-2)16-26(17-19-10-5-3-6-11-19)21(27)14-9-15-24-23(29)25-20-12-7-4-8-13-20/h3,5-6,10-11,18,20H,4,7-9,12-17H2,1-2H3,(H2,24,25,29). The van der Waals surface area contributed by atoms with E-state index in [2.05, 4.69) is 10.6 Å². The molecule has 30 heavy (non-hydrogen) atoms. The van der Waals surface area contributed by atoms with Crippen molar-refractivity contribution in [2.75, 3.05) is 20.2 Å². The Labute approximate surface area is 179 Å². The number of hydrogen-bond donors (Lipinski definition) is 2. The van der Waals surface area contributed by atoms with Crippen molar-refractivity contribution in [3.8, 4) is 0 Å². The zero-order chi connectivity index (χ0) is 21.8. The quantitative estimate of drug-likeness (QED) is 0.452. The molecule has 1 aromatic rings. The predicted molar refractivity (Wildman–Crippen MR) is 116 cm³/mol. The van der Waals surface area contributed by atoms with Gasteiger partial charge in [0.1, 0.15) is 0 Å². The number of nitrogens with one attached hydrogen (secondary N) is 2. The summed E-state index contributed by atoms with van der Waals surface area (Å²) in [7, 11) is 1.35. The van der Waals surface area contributed by atoms with Gasteiger partial charge in [-0.2, -0.15) is 0 Å². The van der Waals surface area contributed by atoms with E-state index in [1.165, 1.54) is 26.4 Å². The highest BCUT2D eigenvalue weighted by Gasteiger charge is 2.22. The van der Waals surface area contributed by atoms with E-state index < -0.39 is 5.92 Å². The van der Waals surface area contributed by atoms with Crippen LogP contribution in [0, 0.1) is 5.92 Å². The molecule has 1 unspecified atom stereocenters. The van der Waals surface area contributed by atoms with Crippen molar-refractivity contribution in [3.63, 3.8) is 0 Å². The van der Waals surface area contributed by atoms with Gasteiger partial charge in [0.05, 0.1) is 13.0 Å². The number of amides is 3. The molecule has 3 amide bonds. The molecular formula is C23H35N3O4. The third-order valence-corrected chi connectivity index (χ3v) is 5.46. The number of esters is 1. The van der Waals surface area contributed by atoms with Crippen molar-refractivity contribution in [3.05, 3.63) is 35.9 Å². The largest absolute Gasteiger partial charge is 0.469 e. The number of hydrogen-bond acceptors (Lipinski definition) is 4. The van der Waals surface area contributed by atoms with Crippen molar-refractivity contribution in [2.24, 2.45) is 5.92 Å². The summed E-state index contributed by atoms with van der Waals surface area (Å²) in [5, 5.41) is 5.86. The van der Waals surface area contributed by atoms with Crippen LogP contribution in [0.1, 0.15) is 57.4 Å². The molecule has 0 aliphatic heterocycles. The van der Waals surface area contributed by atoms with Crippen molar-refractivity contribution >= 4 is 17.9 Å². The summed E-state index contributed by atoms with van der Waals surface area (Å²) in [6, 6.07) is 9.81. The summed E-state index contributed by atoms with van der Waals surface area (Å²) in [6.45, 7) is 2.94. The van der Waals surface area contributed by atoms with E-state index in [0.717, 1.165) is 18.4 Å². The van der Waals surface area contributed by atoms with Gasteiger partial charge in [0.25, 0.3) is 0 Å². The fraction of sp³-hybridized carbons (Fsp3) is 0.609. The van der Waals surface area contributed by atoms with Crippen LogP contribution in [0.15, 0.2) is 30.3 Å². The molecule has 7 nitrogen and oxygen atoms in total. The first-order chi connectivity index (χ1) is 14.5. The minimum atomic E-state index is -0.401. The maximum absolute atomic E-state index is 12.8. The van der Waals surface area contributed by atoms with E-state index >= 15 is 0 Å². The normalized spacial score (nSPS) is 15.1. The Morgan fingerprint density at radius 3 is 2.50 bits per heavy atom. The van der Waals surface area contributed by atoms with E-state index in [9.17, 15) is 14.4 Å². The zero-order valence-electron chi connectivity index (χ0n) is 18.2. The highest BCUT2D eigenvalue weighted by atomic mass is 16.5. The highest BCUT2D eigenvalue weighted by Crippen LogP contribution is 2.17. The second-order valence-electron chi connectivity index (χ2n) is 8.02. The average molecular weight is 418 g/mol. The summed E-state index contributed by atoms with van der Waals surface area (Å²) >= 11 is 0. The lowest BCUT2D eigenvalue weighted by atomic mass is 9.96. The number of methoxy groups -OCH3 is 1. The Morgan fingerprint density at radius 2 is 1.83 bits per heavy atom. The molecule has 0 saturated heterocycles. The second kappa shape index (κ2) is 12.9. The average Bonchev–Trinajstić information content (AvgIpc) is 2.76. The van der Waals surface area contributed by atoms with Crippen LogP contribution < -0.4 is 10.6 Å². The Morgan fingerprint density at radius 1 is 1.13 bits per heavy atom. The fourth-order valence-electron chi connectivity index (χ4n) is 3.75. The molecule has 0 radical (unpaired) electrons. The first-order valence-corrected chi connectivity index (χ1v) is 10.9. The molecule has 2 N–H and O–H groups in total. The molecule has 1 aromatic carbocycles. The molecule has 1 aliphatic rings. The molecule has 1 fully saturated rings. The van der Waals surface area contributed by atoms with Crippen LogP contribution >= 0.6 is 0 Å². The molecule has 7 heteroatoms. The van der Waals surface area contributed by atoms with Crippen molar-refractivity contribution < 1.29 is 19.1 Å². The monoisotopic (exact) mass is 417 g/mol. The molecule has 0 aromatic heterocycles. The second-order valence-corrected chi connectivity index (χ2v) is 8.02. The Bertz CT molecular complexity index is 674. The van der Waals surface area contributed by atoms with Crippen LogP contribution in [0.4, 0.5) is 4.79 Å². The maximum atomic E-state index is 12.8. The van der Waals surface area contributed by atoms with E-state index in [1.807, 2.05) is 30.3 Å². The van der Waals surface area contributed by atoms with E-state index in [1.54, 1.807) is 11.8 Å². The molecule has 1 saturated carbocycles. The first kappa shape index (κ1) is 23.7. The number of carbonyl (C=O) groups is 3. The third-order valence-electron chi connectivity index (χ3n) is 5.46. The lowest BCUT2D eigenvalue weighted by Gasteiger charge is -2.25. The lowest BCUT2D eigenvalue weighted by Crippen LogP contribution is -2.43. The summed E-state index contributed by atoms with van der Waals surface area (Å²) in [6.07, 6.45) is 6.52. The molecule has 2 rings (SSSR count). The SMILES string of the molecule is COC(=O)C(C)CN(Cc1ccccc1)C(=O)CCCNC(=O)NC1CCCCC1. The van der Waals surface area contributed by atoms with Gasteiger partial charge in [-0.25, -0.2) is 4.79 Å². The Hall–Kier alpha value is -2.57. The number of carbonyl (C=O) groups excluding carboxylic acids is 3. The van der Waals surface area contributed by atoms with E-state index in [4.69, 9.17) is 4.74 Å². The number of ether oxygens (including phenoxy) is 1. The van der Waals surface area contributed by atoms with Gasteiger partial charge >= 0.3 is 12.0 Å². The lowest BCUT2D eigenvalue weighted by molar-refractivity contribution is -0.146. The summed E-state index contributed by atoms with van der Waals surface area (Å²) < 4.78 is 4.80. The minimum absolute atomic E-state index is 0.0379. The van der Waals surface area contributed by atoms with Crippen molar-refractivity contribution in [2.45, 2.75) is 64.5 Å². The fourth-order valence-corrected chi connectivity index (χ4v) is 3.75. The van der Waals surface area contributed by atoms with Crippen LogP contribution in [0.2, 0.25) is 0 Å². The number of benzene rings is 1. The number of nitrogens with zero attached hydrogens (tertiary/aromatic N) is 1. The topological polar surface area (TPSA) is 87.7 Å². The van der Waals surface area contributed by atoms with Crippen molar-refractivity contribution in [1.82, 2.24) is 15.5 Å². The summed E-state index contributed by atoms with van der Waals surface area (Å²) in [4.78, 5) is 38.3. The van der Waals surface area contributed by atoms with Crippen LogP contribution in [0.3, 0.4) is 0 Å². The van der Waals surface area contributed by atoms with Gasteiger partial charge in [-0.05, 0) is 24.8 Å². The zero-order valence-corrected chi connectivity index (χ0v) is 18.2. The molecule has 0 heterocycles. The highest BCUT2D eigenvalue weighted by molar-refractivity contribution is 5.78. The van der Waals surface area contributed by atoms with Gasteiger partial charge in [0.15, 0.2) is 0 Å². The van der Waals surface area contributed by atoms with Gasteiger partial charge in [-0.15, -0.1) is 0 Å². The van der Waals surface area contributed by atoms with E-state index in [0.29, 0.717) is 32.5 Å². The predicted octanol–water partition coefficient (Wildman–Crippen LogP) is 3.24. The molecular weight excluding hydrogens is 382 g/mol.